The Hall–Kier alpha value is -13.4. The van der Waals surface area contributed by atoms with Gasteiger partial charge in [0.1, 0.15) is 71.6 Å². The Morgan fingerprint density at radius 1 is 0.412 bits per heavy atom. The summed E-state index contributed by atoms with van der Waals surface area (Å²) >= 11 is 0. The smallest absolute Gasteiger partial charge is 0.301 e. The van der Waals surface area contributed by atoms with Gasteiger partial charge in [0.2, 0.25) is 29.1 Å². The van der Waals surface area contributed by atoms with Crippen molar-refractivity contribution >= 4 is 62.0 Å². The topological polar surface area (TPSA) is 243 Å². The number of piperazine rings is 2. The van der Waals surface area contributed by atoms with Gasteiger partial charge in [-0.15, -0.1) is 0 Å². The van der Waals surface area contributed by atoms with Crippen LogP contribution in [-0.2, 0) is 9.59 Å². The first-order valence-corrected chi connectivity index (χ1v) is 39.4. The third-order valence-electron chi connectivity index (χ3n) is 22.9. The summed E-state index contributed by atoms with van der Waals surface area (Å²) in [7, 11) is 0. The number of halogens is 6. The molecule has 0 spiro atoms. The maximum absolute atomic E-state index is 15.9. The molecular weight excluding hydrogens is 1540 g/mol. The molecule has 0 aliphatic carbocycles. The zero-order chi connectivity index (χ0) is 83.8. The molecule has 3 saturated heterocycles. The third-order valence-corrected chi connectivity index (χ3v) is 22.9. The molecule has 6 aliphatic rings. The normalized spacial score (nSPS) is 16.6. The summed E-state index contributed by atoms with van der Waals surface area (Å²) in [4.78, 5) is 90.1. The van der Waals surface area contributed by atoms with E-state index in [9.17, 15) is 52.5 Å². The van der Waals surface area contributed by atoms with E-state index in [-0.39, 0.29) is 106 Å². The fraction of sp³-hybridized carbons (Fsp3) is 0.275. The molecule has 0 bridgehead atoms. The van der Waals surface area contributed by atoms with Crippen LogP contribution in [0.2, 0.25) is 0 Å². The number of hydrogen-bond acceptors (Lipinski definition) is 17. The molecule has 18 rings (SSSR count). The Morgan fingerprint density at radius 2 is 0.723 bits per heavy atom. The quantitative estimate of drug-likeness (QED) is 0.0805. The molecule has 6 aliphatic heterocycles. The number of phenols is 3. The molecule has 0 radical (unpaired) electrons. The molecule has 6 aromatic carbocycles. The molecule has 0 unspecified atom stereocenters. The second-order valence-electron chi connectivity index (χ2n) is 31.0. The van der Waals surface area contributed by atoms with Gasteiger partial charge < -0.3 is 54.0 Å². The van der Waals surface area contributed by atoms with Crippen LogP contribution in [0.25, 0.3) is 83.9 Å². The van der Waals surface area contributed by atoms with E-state index in [1.54, 1.807) is 34.1 Å². The molecule has 22 nitrogen and oxygen atoms in total. The van der Waals surface area contributed by atoms with Crippen LogP contribution in [-0.4, -0.2) is 149 Å². The van der Waals surface area contributed by atoms with E-state index < -0.39 is 91.3 Å². The molecular formula is C91H83F6N11O11. The number of pyridine rings is 6. The first-order valence-electron chi connectivity index (χ1n) is 39.4. The number of aromatic nitrogens is 6. The third kappa shape index (κ3) is 13.9. The maximum Gasteiger partial charge on any atom is 0.301 e. The Labute approximate surface area is 678 Å². The van der Waals surface area contributed by atoms with Gasteiger partial charge in [0.05, 0.1) is 68.9 Å². The van der Waals surface area contributed by atoms with Crippen LogP contribution in [0.3, 0.4) is 0 Å². The minimum Gasteiger partial charge on any atom is -0.507 e. The number of carbonyl (C=O) groups excluding carboxylic acids is 2. The number of para-hydroxylation sites is 3. The van der Waals surface area contributed by atoms with E-state index in [1.807, 2.05) is 99.9 Å². The van der Waals surface area contributed by atoms with Crippen molar-refractivity contribution in [3.05, 3.63) is 254 Å². The first kappa shape index (κ1) is 79.4. The number of aromatic hydroxyl groups is 3. The van der Waals surface area contributed by atoms with Crippen LogP contribution in [0.15, 0.2) is 185 Å². The van der Waals surface area contributed by atoms with Crippen LogP contribution in [0.4, 0.5) is 43.4 Å². The van der Waals surface area contributed by atoms with Crippen LogP contribution in [0.5, 0.6) is 34.5 Å². The number of amides is 2. The number of rotatable bonds is 11. The predicted molar refractivity (Wildman–Crippen MR) is 443 cm³/mol. The number of piperidine rings is 1. The van der Waals surface area contributed by atoms with E-state index in [0.29, 0.717) is 96.2 Å². The Morgan fingerprint density at radius 3 is 1.03 bits per heavy atom. The minimum atomic E-state index is -0.870. The second-order valence-corrected chi connectivity index (χ2v) is 31.0. The van der Waals surface area contributed by atoms with Gasteiger partial charge in [-0.3, -0.25) is 37.7 Å². The Bertz CT molecular complexity index is 6050. The SMILES string of the molecule is C=CC(=O)N1CCN2c3c(c(=O)n(-c4ccccc4C(C)C)c4nc(-c5c(O)cccc5F)c(F)cc34)OC[C@H]2C1.C=CC(=O)N1CCN2c3c(c(=O)n(-c4ccccc4C(C)C)c4nc(-c5c(O)cccc5F)c(F)cc34)OC[C@H]2C1.CC(C)c1ccccc1-n1c(=O)c2c(c3cc(F)c(-c4c(O)cccc4F)nc31)N1CCCC[C@@H]1CO2. The van der Waals surface area contributed by atoms with Crippen molar-refractivity contribution in [3.8, 4) is 85.3 Å². The van der Waals surface area contributed by atoms with Gasteiger partial charge in [0.25, 0.3) is 0 Å². The van der Waals surface area contributed by atoms with Crippen LogP contribution >= 0.6 is 0 Å². The Kier molecular flexibility index (Phi) is 21.3. The van der Waals surface area contributed by atoms with Crippen LogP contribution < -0.4 is 45.6 Å². The van der Waals surface area contributed by atoms with Gasteiger partial charge in [-0.1, -0.05) is 127 Å². The lowest BCUT2D eigenvalue weighted by atomic mass is 9.98. The zero-order valence-corrected chi connectivity index (χ0v) is 65.9. The van der Waals surface area contributed by atoms with Crippen molar-refractivity contribution in [3.63, 3.8) is 0 Å². The molecule has 12 heterocycles. The predicted octanol–water partition coefficient (Wildman–Crippen LogP) is 15.4. The summed E-state index contributed by atoms with van der Waals surface area (Å²) < 4.78 is 114. The molecule has 119 heavy (non-hydrogen) atoms. The molecule has 12 aromatic rings. The molecule has 3 fully saturated rings. The van der Waals surface area contributed by atoms with E-state index in [2.05, 4.69) is 33.0 Å². The number of carbonyl (C=O) groups is 2. The van der Waals surface area contributed by atoms with Gasteiger partial charge in [-0.2, -0.15) is 0 Å². The molecule has 610 valence electrons. The largest absolute Gasteiger partial charge is 0.507 e. The summed E-state index contributed by atoms with van der Waals surface area (Å²) in [5, 5.41) is 32.3. The highest BCUT2D eigenvalue weighted by atomic mass is 19.1. The van der Waals surface area contributed by atoms with Gasteiger partial charge in [-0.25, -0.2) is 41.3 Å². The fourth-order valence-electron chi connectivity index (χ4n) is 17.2. The lowest BCUT2D eigenvalue weighted by molar-refractivity contribution is -0.127. The van der Waals surface area contributed by atoms with Crippen LogP contribution in [0.1, 0.15) is 95.2 Å². The van der Waals surface area contributed by atoms with Gasteiger partial charge in [0, 0.05) is 62.0 Å². The first-order chi connectivity index (χ1) is 57.3. The van der Waals surface area contributed by atoms with Gasteiger partial charge in [-0.05, 0) is 139 Å². The van der Waals surface area contributed by atoms with E-state index in [1.165, 1.54) is 80.5 Å². The van der Waals surface area contributed by atoms with Crippen molar-refractivity contribution in [2.45, 2.75) is 96.7 Å². The molecule has 2 amide bonds. The average molecular weight is 1620 g/mol. The number of nitrogens with zero attached hydrogens (tertiary/aromatic N) is 11. The average Bonchev–Trinajstić information content (AvgIpc) is 0.728. The second kappa shape index (κ2) is 31.9. The van der Waals surface area contributed by atoms with Gasteiger partial charge in [0.15, 0.2) is 34.4 Å². The minimum absolute atomic E-state index is 0.0282. The van der Waals surface area contributed by atoms with Gasteiger partial charge >= 0.3 is 16.7 Å². The van der Waals surface area contributed by atoms with Crippen molar-refractivity contribution in [1.82, 2.24) is 38.5 Å². The standard InChI is InChI=1S/2C31H28F2N4O4.C29H27F2N3O3/c2*1-4-25(39)35-12-13-36-18(15-35)16-41-29-28(36)20-14-22(33)27(26-21(32)9-7-11-24(26)38)34-30(20)37(31(29)40)23-10-6-5-8-19(23)17(2)3;1-16(2)18-9-3-4-11-22(18)34-28-19(14-21(31)25(32-28)24-20(30)10-7-12-23(24)35)26-27(29(34)36)37-15-17-8-5-6-13-33(17)26/h2*4-11,14,17-18,38H,1,12-13,15-16H2,2-3H3;3-4,7,9-12,14,16-17,35H,5-6,8,13,15H2,1-2H3/t2*18-;17-/m111/s1. The van der Waals surface area contributed by atoms with Crippen molar-refractivity contribution in [2.75, 3.05) is 80.3 Å². The highest BCUT2D eigenvalue weighted by Gasteiger charge is 2.42. The lowest BCUT2D eigenvalue weighted by Crippen LogP contribution is -2.58. The van der Waals surface area contributed by atoms with Crippen molar-refractivity contribution in [2.24, 2.45) is 0 Å². The van der Waals surface area contributed by atoms with E-state index in [4.69, 9.17) is 14.2 Å². The highest BCUT2D eigenvalue weighted by Crippen LogP contribution is 2.48. The number of fused-ring (bicyclic) bond motifs is 15. The summed E-state index contributed by atoms with van der Waals surface area (Å²) in [6, 6.07) is 36.5. The van der Waals surface area contributed by atoms with Crippen LogP contribution in [0, 0.1) is 34.9 Å². The zero-order valence-electron chi connectivity index (χ0n) is 65.9. The monoisotopic (exact) mass is 1620 g/mol. The van der Waals surface area contributed by atoms with E-state index in [0.717, 1.165) is 60.7 Å². The highest BCUT2D eigenvalue weighted by molar-refractivity contribution is 6.00. The summed E-state index contributed by atoms with van der Waals surface area (Å²) in [6.45, 7) is 22.7. The van der Waals surface area contributed by atoms with E-state index >= 15 is 13.2 Å². The number of ether oxygens (including phenoxy) is 3. The number of phenolic OH excluding ortho intramolecular Hbond substituents is 3. The molecule has 3 atom stereocenters. The molecule has 6 aromatic heterocycles. The fourth-order valence-corrected chi connectivity index (χ4v) is 17.2. The molecule has 28 heteroatoms. The Balaban J connectivity index is 0.000000133. The lowest BCUT2D eigenvalue weighted by Gasteiger charge is -2.45. The molecule has 3 N–H and O–H groups in total. The summed E-state index contributed by atoms with van der Waals surface area (Å²) in [6.07, 6.45) is 5.43. The van der Waals surface area contributed by atoms with Crippen molar-refractivity contribution in [1.29, 1.82) is 0 Å². The summed E-state index contributed by atoms with van der Waals surface area (Å²) in [5.41, 5.74) is 2.21. The maximum atomic E-state index is 15.9. The number of anilines is 3. The van der Waals surface area contributed by atoms with Crippen molar-refractivity contribution < 1.29 is 65.5 Å². The number of benzene rings is 6. The number of hydrogen-bond donors (Lipinski definition) is 3. The summed E-state index contributed by atoms with van der Waals surface area (Å²) in [5.74, 6) is -6.42. The molecule has 0 saturated carbocycles.